The van der Waals surface area contributed by atoms with E-state index in [1.54, 1.807) is 6.07 Å². The van der Waals surface area contributed by atoms with Crippen LogP contribution >= 0.6 is 12.2 Å². The first kappa shape index (κ1) is 14.4. The minimum absolute atomic E-state index is 0.332. The SMILES string of the molecule is CCc1nc(C)ccc1Oc1cc(C(N)=S)cc(C)n1. The largest absolute Gasteiger partial charge is 0.437 e. The highest BCUT2D eigenvalue weighted by Crippen LogP contribution is 2.24. The van der Waals surface area contributed by atoms with Crippen molar-refractivity contribution in [1.29, 1.82) is 0 Å². The molecular formula is C15H17N3OS. The number of aromatic nitrogens is 2. The smallest absolute Gasteiger partial charge is 0.220 e. The van der Waals surface area contributed by atoms with E-state index in [1.807, 2.05) is 39.0 Å². The molecule has 0 spiro atoms. The molecule has 0 saturated heterocycles. The number of nitrogens with two attached hydrogens (primary N) is 1. The molecule has 2 heterocycles. The van der Waals surface area contributed by atoms with Crippen molar-refractivity contribution < 1.29 is 4.74 Å². The summed E-state index contributed by atoms with van der Waals surface area (Å²) in [6.07, 6.45) is 0.797. The second kappa shape index (κ2) is 5.96. The Morgan fingerprint density at radius 2 is 1.95 bits per heavy atom. The first-order valence-electron chi connectivity index (χ1n) is 6.42. The lowest BCUT2D eigenvalue weighted by Gasteiger charge is -2.11. The number of hydrogen-bond donors (Lipinski definition) is 1. The molecule has 4 nitrogen and oxygen atoms in total. The zero-order valence-corrected chi connectivity index (χ0v) is 12.6. The van der Waals surface area contributed by atoms with Crippen molar-refractivity contribution in [2.75, 3.05) is 0 Å². The number of ether oxygens (including phenoxy) is 1. The first-order chi connectivity index (χ1) is 9.49. The lowest BCUT2D eigenvalue weighted by atomic mass is 10.2. The van der Waals surface area contributed by atoms with Crippen LogP contribution in [0.25, 0.3) is 0 Å². The van der Waals surface area contributed by atoms with E-state index in [2.05, 4.69) is 9.97 Å². The highest BCUT2D eigenvalue weighted by atomic mass is 32.1. The molecule has 0 aliphatic carbocycles. The number of hydrogen-bond acceptors (Lipinski definition) is 4. The maximum Gasteiger partial charge on any atom is 0.220 e. The van der Waals surface area contributed by atoms with Gasteiger partial charge in [-0.3, -0.25) is 4.98 Å². The number of aryl methyl sites for hydroxylation is 3. The van der Waals surface area contributed by atoms with Crippen LogP contribution in [0.4, 0.5) is 0 Å². The van der Waals surface area contributed by atoms with E-state index in [0.717, 1.165) is 29.1 Å². The van der Waals surface area contributed by atoms with Crippen LogP contribution in [0, 0.1) is 13.8 Å². The Hall–Kier alpha value is -2.01. The van der Waals surface area contributed by atoms with E-state index in [9.17, 15) is 0 Å². The summed E-state index contributed by atoms with van der Waals surface area (Å²) in [4.78, 5) is 9.14. The molecule has 0 fully saturated rings. The summed E-state index contributed by atoms with van der Waals surface area (Å²) in [5, 5.41) is 0. The summed E-state index contributed by atoms with van der Waals surface area (Å²) in [7, 11) is 0. The maximum absolute atomic E-state index is 5.84. The molecular weight excluding hydrogens is 270 g/mol. The standard InChI is InChI=1S/C15H17N3OS/c1-4-12-13(6-5-9(2)17-12)19-14-8-11(15(16)20)7-10(3)18-14/h5-8H,4H2,1-3H3,(H2,16,20). The molecule has 2 rings (SSSR count). The van der Waals surface area contributed by atoms with Gasteiger partial charge in [0.05, 0.1) is 5.69 Å². The third-order valence-corrected chi connectivity index (χ3v) is 3.07. The molecule has 0 aromatic carbocycles. The van der Waals surface area contributed by atoms with Gasteiger partial charge in [0.1, 0.15) is 4.99 Å². The van der Waals surface area contributed by atoms with Crippen LogP contribution < -0.4 is 10.5 Å². The van der Waals surface area contributed by atoms with Gasteiger partial charge in [-0.2, -0.15) is 0 Å². The Morgan fingerprint density at radius 1 is 1.20 bits per heavy atom. The fourth-order valence-electron chi connectivity index (χ4n) is 1.89. The average molecular weight is 287 g/mol. The van der Waals surface area contributed by atoms with Crippen molar-refractivity contribution in [3.63, 3.8) is 0 Å². The van der Waals surface area contributed by atoms with Gasteiger partial charge in [-0.05, 0) is 38.5 Å². The van der Waals surface area contributed by atoms with Gasteiger partial charge in [-0.25, -0.2) is 4.98 Å². The summed E-state index contributed by atoms with van der Waals surface area (Å²) in [6, 6.07) is 7.41. The fourth-order valence-corrected chi connectivity index (χ4v) is 2.01. The van der Waals surface area contributed by atoms with Gasteiger partial charge in [0.15, 0.2) is 5.75 Å². The van der Waals surface area contributed by atoms with Crippen LogP contribution in [0.15, 0.2) is 24.3 Å². The van der Waals surface area contributed by atoms with Crippen LogP contribution in [0.1, 0.15) is 29.6 Å². The van der Waals surface area contributed by atoms with Gasteiger partial charge in [0.25, 0.3) is 0 Å². The molecule has 0 aliphatic rings. The van der Waals surface area contributed by atoms with Gasteiger partial charge in [-0.1, -0.05) is 19.1 Å². The summed E-state index contributed by atoms with van der Waals surface area (Å²) in [5.74, 6) is 1.19. The van der Waals surface area contributed by atoms with E-state index in [0.29, 0.717) is 16.6 Å². The molecule has 104 valence electrons. The van der Waals surface area contributed by atoms with Crippen LogP contribution in [0.5, 0.6) is 11.6 Å². The molecule has 0 unspecified atom stereocenters. The second-order valence-electron chi connectivity index (χ2n) is 4.55. The normalized spacial score (nSPS) is 10.3. The first-order valence-corrected chi connectivity index (χ1v) is 6.83. The minimum atomic E-state index is 0.332. The lowest BCUT2D eigenvalue weighted by Crippen LogP contribution is -2.10. The molecule has 0 saturated carbocycles. The monoisotopic (exact) mass is 287 g/mol. The van der Waals surface area contributed by atoms with E-state index in [-0.39, 0.29) is 0 Å². The molecule has 2 aromatic rings. The molecule has 0 bridgehead atoms. The van der Waals surface area contributed by atoms with Crippen molar-refractivity contribution in [2.45, 2.75) is 27.2 Å². The highest BCUT2D eigenvalue weighted by molar-refractivity contribution is 7.80. The fraction of sp³-hybridized carbons (Fsp3) is 0.267. The van der Waals surface area contributed by atoms with Gasteiger partial charge in [0.2, 0.25) is 5.88 Å². The Morgan fingerprint density at radius 3 is 2.60 bits per heavy atom. The molecule has 0 atom stereocenters. The Balaban J connectivity index is 2.37. The molecule has 0 radical (unpaired) electrons. The topological polar surface area (TPSA) is 61.0 Å². The van der Waals surface area contributed by atoms with Crippen molar-refractivity contribution in [3.05, 3.63) is 46.9 Å². The highest BCUT2D eigenvalue weighted by Gasteiger charge is 2.09. The molecule has 20 heavy (non-hydrogen) atoms. The molecule has 0 amide bonds. The third kappa shape index (κ3) is 3.30. The van der Waals surface area contributed by atoms with Gasteiger partial charge in [-0.15, -0.1) is 0 Å². The number of thiocarbonyl (C=S) groups is 1. The van der Waals surface area contributed by atoms with E-state index >= 15 is 0 Å². The zero-order chi connectivity index (χ0) is 14.7. The number of rotatable bonds is 4. The maximum atomic E-state index is 5.84. The Kier molecular flexibility index (Phi) is 4.29. The van der Waals surface area contributed by atoms with Gasteiger partial charge >= 0.3 is 0 Å². The second-order valence-corrected chi connectivity index (χ2v) is 4.99. The lowest BCUT2D eigenvalue weighted by molar-refractivity contribution is 0.452. The zero-order valence-electron chi connectivity index (χ0n) is 11.8. The van der Waals surface area contributed by atoms with E-state index in [1.165, 1.54) is 0 Å². The van der Waals surface area contributed by atoms with Gasteiger partial charge in [0, 0.05) is 23.0 Å². The van der Waals surface area contributed by atoms with Crippen molar-refractivity contribution in [2.24, 2.45) is 5.73 Å². The van der Waals surface area contributed by atoms with Crippen molar-refractivity contribution in [1.82, 2.24) is 9.97 Å². The predicted octanol–water partition coefficient (Wildman–Crippen LogP) is 3.08. The van der Waals surface area contributed by atoms with E-state index in [4.69, 9.17) is 22.7 Å². The average Bonchev–Trinajstić information content (AvgIpc) is 2.40. The Labute approximate surface area is 124 Å². The van der Waals surface area contributed by atoms with Crippen LogP contribution in [0.3, 0.4) is 0 Å². The molecule has 5 heteroatoms. The molecule has 2 aromatic heterocycles. The predicted molar refractivity (Wildman–Crippen MR) is 83.3 cm³/mol. The van der Waals surface area contributed by atoms with Crippen molar-refractivity contribution >= 4 is 17.2 Å². The molecule has 0 aliphatic heterocycles. The summed E-state index contributed by atoms with van der Waals surface area (Å²) >= 11 is 4.99. The van der Waals surface area contributed by atoms with Crippen LogP contribution in [-0.4, -0.2) is 15.0 Å². The quantitative estimate of drug-likeness (QED) is 0.876. The van der Waals surface area contributed by atoms with Crippen LogP contribution in [0.2, 0.25) is 0 Å². The Bertz CT molecular complexity index is 656. The summed E-state index contributed by atoms with van der Waals surface area (Å²) in [5.41, 5.74) is 9.09. The summed E-state index contributed by atoms with van der Waals surface area (Å²) < 4.78 is 5.84. The number of nitrogens with zero attached hydrogens (tertiary/aromatic N) is 2. The van der Waals surface area contributed by atoms with E-state index < -0.39 is 0 Å². The molecule has 2 N–H and O–H groups in total. The van der Waals surface area contributed by atoms with Crippen LogP contribution in [-0.2, 0) is 6.42 Å². The summed E-state index contributed by atoms with van der Waals surface area (Å²) in [6.45, 7) is 5.88. The third-order valence-electron chi connectivity index (χ3n) is 2.84. The van der Waals surface area contributed by atoms with Crippen molar-refractivity contribution in [3.8, 4) is 11.6 Å². The minimum Gasteiger partial charge on any atom is -0.437 e. The van der Waals surface area contributed by atoms with Gasteiger partial charge < -0.3 is 10.5 Å². The number of pyridine rings is 2.